The van der Waals surface area contributed by atoms with Crippen LogP contribution in [0.1, 0.15) is 39.0 Å². The number of ether oxygens (including phenoxy) is 2. The van der Waals surface area contributed by atoms with Crippen LogP contribution in [0.3, 0.4) is 0 Å². The number of amides is 1. The molecule has 0 spiro atoms. The summed E-state index contributed by atoms with van der Waals surface area (Å²) in [5.74, 6) is 0.672. The molecule has 7 nitrogen and oxygen atoms in total. The zero-order chi connectivity index (χ0) is 21.4. The van der Waals surface area contributed by atoms with Crippen LogP contribution >= 0.6 is 0 Å². The van der Waals surface area contributed by atoms with E-state index in [2.05, 4.69) is 10.0 Å². The van der Waals surface area contributed by atoms with Gasteiger partial charge in [0.15, 0.2) is 6.61 Å². The van der Waals surface area contributed by atoms with Gasteiger partial charge in [-0.25, -0.2) is 13.1 Å². The quantitative estimate of drug-likeness (QED) is 0.630. The molecule has 1 aliphatic rings. The van der Waals surface area contributed by atoms with Crippen molar-refractivity contribution in [2.45, 2.75) is 50.0 Å². The van der Waals surface area contributed by atoms with Crippen molar-refractivity contribution >= 4 is 21.6 Å². The van der Waals surface area contributed by atoms with E-state index in [0.29, 0.717) is 23.8 Å². The molecule has 1 saturated carbocycles. The Bertz CT molecular complexity index is 938. The Balaban J connectivity index is 1.53. The van der Waals surface area contributed by atoms with Gasteiger partial charge in [0.25, 0.3) is 5.91 Å². The van der Waals surface area contributed by atoms with Gasteiger partial charge >= 0.3 is 0 Å². The van der Waals surface area contributed by atoms with Gasteiger partial charge in [0, 0.05) is 6.04 Å². The summed E-state index contributed by atoms with van der Waals surface area (Å²) in [6.45, 7) is 2.16. The summed E-state index contributed by atoms with van der Waals surface area (Å²) in [6, 6.07) is 13.2. The van der Waals surface area contributed by atoms with Gasteiger partial charge in [-0.3, -0.25) is 4.79 Å². The maximum atomic E-state index is 12.5. The number of hydrogen-bond donors (Lipinski definition) is 2. The zero-order valence-corrected chi connectivity index (χ0v) is 17.9. The number of para-hydroxylation sites is 2. The van der Waals surface area contributed by atoms with Gasteiger partial charge in [-0.15, -0.1) is 0 Å². The SMILES string of the molecule is CCOc1ccccc1NC(=O)COc1ccc(S(=O)(=O)NC2CCCCC2)cc1. The van der Waals surface area contributed by atoms with Crippen molar-refractivity contribution in [2.75, 3.05) is 18.5 Å². The monoisotopic (exact) mass is 432 g/mol. The standard InChI is InChI=1S/C22H28N2O5S/c1-2-28-21-11-7-6-10-20(21)23-22(25)16-29-18-12-14-19(15-13-18)30(26,27)24-17-8-4-3-5-9-17/h6-7,10-15,17,24H,2-5,8-9,16H2,1H3,(H,23,25). The van der Waals surface area contributed by atoms with Gasteiger partial charge in [0.1, 0.15) is 11.5 Å². The lowest BCUT2D eigenvalue weighted by Crippen LogP contribution is -2.36. The Kier molecular flexibility index (Phi) is 7.70. The van der Waals surface area contributed by atoms with Gasteiger partial charge in [0.05, 0.1) is 17.2 Å². The summed E-state index contributed by atoms with van der Waals surface area (Å²) in [5.41, 5.74) is 0.572. The third kappa shape index (κ3) is 6.21. The van der Waals surface area contributed by atoms with E-state index in [0.717, 1.165) is 32.1 Å². The molecule has 8 heteroatoms. The molecule has 0 atom stereocenters. The highest BCUT2D eigenvalue weighted by Crippen LogP contribution is 2.24. The zero-order valence-electron chi connectivity index (χ0n) is 17.1. The van der Waals surface area contributed by atoms with Crippen molar-refractivity contribution in [3.8, 4) is 11.5 Å². The Morgan fingerprint density at radius 1 is 1.00 bits per heavy atom. The van der Waals surface area contributed by atoms with Crippen LogP contribution in [-0.2, 0) is 14.8 Å². The largest absolute Gasteiger partial charge is 0.492 e. The molecule has 2 aromatic carbocycles. The van der Waals surface area contributed by atoms with Crippen LogP contribution in [0.15, 0.2) is 53.4 Å². The van der Waals surface area contributed by atoms with Gasteiger partial charge in [-0.2, -0.15) is 0 Å². The molecule has 0 bridgehead atoms. The highest BCUT2D eigenvalue weighted by atomic mass is 32.2. The lowest BCUT2D eigenvalue weighted by molar-refractivity contribution is -0.118. The number of carbonyl (C=O) groups excluding carboxylic acids is 1. The highest BCUT2D eigenvalue weighted by Gasteiger charge is 2.21. The molecule has 2 aromatic rings. The van der Waals surface area contributed by atoms with Crippen molar-refractivity contribution < 1.29 is 22.7 Å². The van der Waals surface area contributed by atoms with Crippen molar-refractivity contribution in [1.82, 2.24) is 4.72 Å². The minimum atomic E-state index is -3.56. The van der Waals surface area contributed by atoms with Crippen molar-refractivity contribution in [3.63, 3.8) is 0 Å². The van der Waals surface area contributed by atoms with E-state index < -0.39 is 10.0 Å². The second kappa shape index (κ2) is 10.4. The minimum absolute atomic E-state index is 0.00272. The van der Waals surface area contributed by atoms with Crippen LogP contribution < -0.4 is 19.5 Å². The lowest BCUT2D eigenvalue weighted by atomic mass is 9.96. The molecular weight excluding hydrogens is 404 g/mol. The molecule has 0 heterocycles. The fraction of sp³-hybridized carbons (Fsp3) is 0.409. The second-order valence-corrected chi connectivity index (χ2v) is 8.91. The molecular formula is C22H28N2O5S. The third-order valence-electron chi connectivity index (χ3n) is 4.89. The predicted molar refractivity (Wildman–Crippen MR) is 115 cm³/mol. The topological polar surface area (TPSA) is 93.7 Å². The number of rotatable bonds is 9. The first-order valence-corrected chi connectivity index (χ1v) is 11.7. The van der Waals surface area contributed by atoms with Gasteiger partial charge < -0.3 is 14.8 Å². The summed E-state index contributed by atoms with van der Waals surface area (Å²) < 4.78 is 38.8. The Labute approximate surface area is 177 Å². The van der Waals surface area contributed by atoms with E-state index in [1.165, 1.54) is 12.1 Å². The highest BCUT2D eigenvalue weighted by molar-refractivity contribution is 7.89. The van der Waals surface area contributed by atoms with Gasteiger partial charge in [-0.1, -0.05) is 31.4 Å². The molecule has 0 aromatic heterocycles. The Morgan fingerprint density at radius 2 is 1.70 bits per heavy atom. The number of sulfonamides is 1. The lowest BCUT2D eigenvalue weighted by Gasteiger charge is -2.22. The van der Waals surface area contributed by atoms with E-state index in [4.69, 9.17) is 9.47 Å². The van der Waals surface area contributed by atoms with E-state index in [-0.39, 0.29) is 23.5 Å². The molecule has 2 N–H and O–H groups in total. The third-order valence-corrected chi connectivity index (χ3v) is 6.43. The summed E-state index contributed by atoms with van der Waals surface area (Å²) in [6.07, 6.45) is 5.02. The van der Waals surface area contributed by atoms with Crippen molar-refractivity contribution in [1.29, 1.82) is 0 Å². The summed E-state index contributed by atoms with van der Waals surface area (Å²) >= 11 is 0. The fourth-order valence-electron chi connectivity index (χ4n) is 3.41. The molecule has 0 radical (unpaired) electrons. The molecule has 1 fully saturated rings. The minimum Gasteiger partial charge on any atom is -0.492 e. The van der Waals surface area contributed by atoms with Gasteiger partial charge in [0.2, 0.25) is 10.0 Å². The maximum Gasteiger partial charge on any atom is 0.262 e. The Morgan fingerprint density at radius 3 is 2.40 bits per heavy atom. The fourth-order valence-corrected chi connectivity index (χ4v) is 4.71. The van der Waals surface area contributed by atoms with Crippen LogP contribution in [-0.4, -0.2) is 33.6 Å². The van der Waals surface area contributed by atoms with Crippen LogP contribution in [0.25, 0.3) is 0 Å². The summed E-state index contributed by atoms with van der Waals surface area (Å²) in [5, 5.41) is 2.75. The van der Waals surface area contributed by atoms with E-state index in [1.807, 2.05) is 13.0 Å². The van der Waals surface area contributed by atoms with Crippen LogP contribution in [0.4, 0.5) is 5.69 Å². The molecule has 30 heavy (non-hydrogen) atoms. The van der Waals surface area contributed by atoms with Crippen molar-refractivity contribution in [2.24, 2.45) is 0 Å². The van der Waals surface area contributed by atoms with Crippen molar-refractivity contribution in [3.05, 3.63) is 48.5 Å². The van der Waals surface area contributed by atoms with Gasteiger partial charge in [-0.05, 0) is 56.2 Å². The molecule has 1 amide bonds. The van der Waals surface area contributed by atoms with Crippen LogP contribution in [0.2, 0.25) is 0 Å². The number of benzene rings is 2. The second-order valence-electron chi connectivity index (χ2n) is 7.19. The molecule has 0 saturated heterocycles. The number of nitrogens with one attached hydrogen (secondary N) is 2. The van der Waals surface area contributed by atoms with Crippen LogP contribution in [0, 0.1) is 0 Å². The number of carbonyl (C=O) groups is 1. The molecule has 0 unspecified atom stereocenters. The van der Waals surface area contributed by atoms with E-state index in [1.54, 1.807) is 30.3 Å². The molecule has 3 rings (SSSR count). The normalized spacial score (nSPS) is 14.8. The summed E-state index contributed by atoms with van der Waals surface area (Å²) in [7, 11) is -3.56. The average Bonchev–Trinajstić information content (AvgIpc) is 2.74. The first kappa shape index (κ1) is 22.1. The molecule has 1 aliphatic carbocycles. The number of anilines is 1. The van der Waals surface area contributed by atoms with E-state index in [9.17, 15) is 13.2 Å². The van der Waals surface area contributed by atoms with E-state index >= 15 is 0 Å². The number of hydrogen-bond acceptors (Lipinski definition) is 5. The average molecular weight is 433 g/mol. The first-order chi connectivity index (χ1) is 14.5. The smallest absolute Gasteiger partial charge is 0.262 e. The predicted octanol–water partition coefficient (Wildman–Crippen LogP) is 3.71. The van der Waals surface area contributed by atoms with Crippen LogP contribution in [0.5, 0.6) is 11.5 Å². The molecule has 162 valence electrons. The Hall–Kier alpha value is -2.58. The molecule has 0 aliphatic heterocycles. The maximum absolute atomic E-state index is 12.5. The summed E-state index contributed by atoms with van der Waals surface area (Å²) in [4.78, 5) is 12.4. The first-order valence-electron chi connectivity index (χ1n) is 10.2.